The third kappa shape index (κ3) is 2.75. The van der Waals surface area contributed by atoms with Gasteiger partial charge in [0.1, 0.15) is 22.8 Å². The number of aliphatic hydroxyl groups is 4. The number of benzene rings is 1. The van der Waals surface area contributed by atoms with Crippen molar-refractivity contribution in [3.8, 4) is 5.75 Å². The van der Waals surface area contributed by atoms with Crippen LogP contribution in [-0.2, 0) is 20.0 Å². The van der Waals surface area contributed by atoms with Crippen molar-refractivity contribution in [2.24, 2.45) is 17.6 Å². The number of fused-ring (bicyclic) bond motifs is 3. The van der Waals surface area contributed by atoms with E-state index in [1.54, 1.807) is 0 Å². The molecule has 4 rings (SSSR count). The van der Waals surface area contributed by atoms with Crippen LogP contribution in [0.5, 0.6) is 5.75 Å². The molecule has 1 aromatic rings. The van der Waals surface area contributed by atoms with E-state index in [-0.39, 0.29) is 16.1 Å². The molecule has 3 aliphatic rings. The number of rotatable bonds is 2. The van der Waals surface area contributed by atoms with Gasteiger partial charge < -0.3 is 31.3 Å². The molecular weight excluding hydrogens is 457 g/mol. The molecule has 0 aliphatic heterocycles. The van der Waals surface area contributed by atoms with Gasteiger partial charge in [0.2, 0.25) is 5.78 Å². The van der Waals surface area contributed by atoms with Crippen LogP contribution in [0, 0.1) is 11.8 Å². The Bertz CT molecular complexity index is 1300. The second-order valence-electron chi connectivity index (χ2n) is 8.72. The smallest absolute Gasteiger partial charge is 0.255 e. The number of aliphatic hydroxyl groups excluding tert-OH is 2. The Morgan fingerprint density at radius 2 is 1.91 bits per heavy atom. The van der Waals surface area contributed by atoms with Gasteiger partial charge in [0.25, 0.3) is 5.91 Å². The number of halogens is 1. The van der Waals surface area contributed by atoms with E-state index in [4.69, 9.17) is 21.4 Å². The van der Waals surface area contributed by atoms with Crippen LogP contribution in [0.2, 0.25) is 5.02 Å². The van der Waals surface area contributed by atoms with Crippen molar-refractivity contribution < 1.29 is 44.0 Å². The fourth-order valence-electron chi connectivity index (χ4n) is 5.43. The zero-order chi connectivity index (χ0) is 27.3. The number of primary amides is 1. The largest absolute Gasteiger partial charge is 0.508 e. The Balaban J connectivity index is 2.07. The molecule has 176 valence electrons. The summed E-state index contributed by atoms with van der Waals surface area (Å²) >= 11 is 6.26. The van der Waals surface area contributed by atoms with Crippen molar-refractivity contribution in [1.82, 2.24) is 4.90 Å². The van der Waals surface area contributed by atoms with Gasteiger partial charge in [0.05, 0.1) is 17.2 Å². The summed E-state index contributed by atoms with van der Waals surface area (Å²) in [5, 5.41) is 55.4. The van der Waals surface area contributed by atoms with Crippen LogP contribution in [0.4, 0.5) is 0 Å². The summed E-state index contributed by atoms with van der Waals surface area (Å²) in [5.74, 6) is -9.98. The highest BCUT2D eigenvalue weighted by molar-refractivity contribution is 6.32. The van der Waals surface area contributed by atoms with Gasteiger partial charge in [-0.05, 0) is 39.5 Å². The number of carbonyl (C=O) groups is 3. The van der Waals surface area contributed by atoms with E-state index in [0.717, 1.165) is 13.1 Å². The minimum atomic E-state index is -3.07. The van der Waals surface area contributed by atoms with Crippen molar-refractivity contribution in [3.05, 3.63) is 45.2 Å². The number of nitrogens with two attached hydrogens (primary N) is 1. The van der Waals surface area contributed by atoms with Crippen molar-refractivity contribution in [3.63, 3.8) is 0 Å². The molecule has 1 saturated carbocycles. The van der Waals surface area contributed by atoms with Gasteiger partial charge in [-0.3, -0.25) is 19.3 Å². The Morgan fingerprint density at radius 3 is 2.48 bits per heavy atom. The Hall–Kier alpha value is -2.92. The van der Waals surface area contributed by atoms with E-state index in [1.165, 1.54) is 13.0 Å². The predicted octanol–water partition coefficient (Wildman–Crippen LogP) is 0.282. The van der Waals surface area contributed by atoms with E-state index in [9.17, 15) is 39.9 Å². The van der Waals surface area contributed by atoms with Crippen LogP contribution >= 0.6 is 11.6 Å². The molecule has 0 bridgehead atoms. The molecule has 7 N–H and O–H groups in total. The van der Waals surface area contributed by atoms with E-state index < -0.39 is 88.4 Å². The molecule has 0 spiro atoms. The molecule has 1 aromatic carbocycles. The second kappa shape index (κ2) is 7.04. The molecule has 11 heteroatoms. The fraction of sp³-hybridized carbons (Fsp3) is 0.409. The Morgan fingerprint density at radius 1 is 1.27 bits per heavy atom. The highest BCUT2D eigenvalue weighted by Crippen LogP contribution is 2.58. The lowest BCUT2D eigenvalue weighted by Gasteiger charge is -2.53. The lowest BCUT2D eigenvalue weighted by atomic mass is 9.54. The van der Waals surface area contributed by atoms with Crippen molar-refractivity contribution in [2.45, 2.75) is 30.6 Å². The second-order valence-corrected chi connectivity index (χ2v) is 9.13. The van der Waals surface area contributed by atoms with Gasteiger partial charge in [0.15, 0.2) is 11.4 Å². The van der Waals surface area contributed by atoms with Gasteiger partial charge in [-0.1, -0.05) is 11.6 Å². The number of ketones is 2. The summed E-state index contributed by atoms with van der Waals surface area (Å²) in [5.41, 5.74) is -2.17. The zero-order valence-electron chi connectivity index (χ0n) is 20.5. The number of phenolic OH excluding ortho intramolecular Hbond substituents is 1. The topological polar surface area (TPSA) is 182 Å². The summed E-state index contributed by atoms with van der Waals surface area (Å²) in [6.45, 7) is -1.71. The molecule has 0 saturated heterocycles. The molecule has 0 heterocycles. The summed E-state index contributed by atoms with van der Waals surface area (Å²) in [4.78, 5) is 39.7. The normalized spacial score (nSPS) is 35.5. The quantitative estimate of drug-likeness (QED) is 0.255. The molecule has 0 radical (unpaired) electrons. The van der Waals surface area contributed by atoms with Crippen molar-refractivity contribution in [1.29, 1.82) is 0 Å². The Labute approximate surface area is 197 Å². The Kier molecular flexibility index (Phi) is 4.17. The van der Waals surface area contributed by atoms with Crippen LogP contribution < -0.4 is 5.73 Å². The van der Waals surface area contributed by atoms with Gasteiger partial charge in [-0.15, -0.1) is 0 Å². The lowest BCUT2D eigenvalue weighted by molar-refractivity contribution is -0.159. The predicted molar refractivity (Wildman–Crippen MR) is 115 cm³/mol. The maximum Gasteiger partial charge on any atom is 0.255 e. The van der Waals surface area contributed by atoms with E-state index >= 15 is 0 Å². The van der Waals surface area contributed by atoms with E-state index in [2.05, 4.69) is 0 Å². The number of amides is 1. The van der Waals surface area contributed by atoms with Gasteiger partial charge in [0, 0.05) is 32.1 Å². The number of hydrogen-bond donors (Lipinski definition) is 6. The van der Waals surface area contributed by atoms with Crippen LogP contribution in [0.1, 0.15) is 28.6 Å². The molecule has 1 fully saturated rings. The third-order valence-corrected chi connectivity index (χ3v) is 7.25. The number of carbonyl (C=O) groups excluding carboxylic acids is 3. The van der Waals surface area contributed by atoms with Gasteiger partial charge in [-0.25, -0.2) is 0 Å². The minimum absolute atomic E-state index is 0.0682. The highest BCUT2D eigenvalue weighted by Gasteiger charge is 2.66. The van der Waals surface area contributed by atoms with Gasteiger partial charge in [-0.2, -0.15) is 0 Å². The van der Waals surface area contributed by atoms with E-state index in [1.807, 2.05) is 0 Å². The van der Waals surface area contributed by atoms with Crippen molar-refractivity contribution in [2.75, 3.05) is 14.0 Å². The molecule has 0 aromatic heterocycles. The maximum atomic E-state index is 13.8. The minimum Gasteiger partial charge on any atom is -0.508 e. The molecule has 5 atom stereocenters. The lowest BCUT2D eigenvalue weighted by Crippen LogP contribution is -2.67. The SMILES string of the molecule is [2H][13C]([2H])([2H])N(C)[C@@H]1C(=O)C(C(N)=O)=C(O)[C@@]2(O)C(=O)C3=C(O)c4c(O)ccc(Cl)c4[C@@](C)(O)C3C[C@@H]12. The summed E-state index contributed by atoms with van der Waals surface area (Å²) in [7, 11) is 1.01. The number of Topliss-reactive ketones (excluding diaryl/α,β-unsaturated/α-hetero) is 2. The molecule has 1 unspecified atom stereocenters. The average molecular weight is 483 g/mol. The number of hydrogen-bond acceptors (Lipinski definition) is 9. The average Bonchev–Trinajstić information content (AvgIpc) is 2.74. The highest BCUT2D eigenvalue weighted by atomic mass is 35.5. The number of aromatic hydroxyl groups is 1. The van der Waals surface area contributed by atoms with Gasteiger partial charge >= 0.3 is 0 Å². The first kappa shape index (κ1) is 19.5. The van der Waals surface area contributed by atoms with Crippen LogP contribution in [0.3, 0.4) is 0 Å². The summed E-state index contributed by atoms with van der Waals surface area (Å²) < 4.78 is 23.2. The third-order valence-electron chi connectivity index (χ3n) is 6.93. The molecule has 3 aliphatic carbocycles. The van der Waals surface area contributed by atoms with E-state index in [0.29, 0.717) is 4.90 Å². The molecule has 1 amide bonds. The molecule has 10 nitrogen and oxygen atoms in total. The number of nitrogens with zero attached hydrogens (tertiary/aromatic N) is 1. The first-order chi connectivity index (χ1) is 16.4. The zero-order valence-corrected chi connectivity index (χ0v) is 18.2. The summed E-state index contributed by atoms with van der Waals surface area (Å²) in [6.07, 6.45) is -0.521. The van der Waals surface area contributed by atoms with Crippen LogP contribution in [-0.4, -0.2) is 73.6 Å². The summed E-state index contributed by atoms with van der Waals surface area (Å²) in [6, 6.07) is 0.514. The first-order valence-corrected chi connectivity index (χ1v) is 10.2. The monoisotopic (exact) mass is 482 g/mol. The van der Waals surface area contributed by atoms with Crippen LogP contribution in [0.15, 0.2) is 29.0 Å². The molecular formula is C22H23ClN2O8. The van der Waals surface area contributed by atoms with Crippen LogP contribution in [0.25, 0.3) is 5.76 Å². The fourth-order valence-corrected chi connectivity index (χ4v) is 5.78. The first-order valence-electron chi connectivity index (χ1n) is 11.4. The number of likely N-dealkylation sites (N-methyl/N-ethyl adjacent to an activating group) is 1. The maximum absolute atomic E-state index is 13.8. The number of phenols is 1. The molecule has 33 heavy (non-hydrogen) atoms. The standard InChI is InChI=1S/C22H23ClN2O8/c1-21(32)7-6-8-15(25(2)3)17(28)13(20(24)31)19(30)22(8,33)18(29)11(7)16(27)12-10(26)5-4-9(23)14(12)21/h4-5,7-8,15,26-27,30,32-33H,6H2,1-3H3,(H2,24,31)/t7?,8-,15-,21-,22-/m0/s1/i2+1D3. The van der Waals surface area contributed by atoms with Crippen molar-refractivity contribution >= 4 is 34.8 Å².